The third kappa shape index (κ3) is 8.88. The van der Waals surface area contributed by atoms with E-state index in [1.807, 2.05) is 36.4 Å². The van der Waals surface area contributed by atoms with Crippen LogP contribution in [0.15, 0.2) is 85.1 Å². The number of carbonyl (C=O) groups is 2. The van der Waals surface area contributed by atoms with Crippen LogP contribution in [0.25, 0.3) is 11.3 Å². The Morgan fingerprint density at radius 1 is 0.760 bits per heavy atom. The largest absolute Gasteiger partial charge is 0.416 e. The van der Waals surface area contributed by atoms with E-state index in [9.17, 15) is 22.8 Å². The SMILES string of the molecule is CN1CCCN(Cc2cccc(C(=O)Nc3c(-c4cc(C(=O)NCc5cccc(C(F)(F)F)c5)ccn4)cccc3N3CCCCC3)c2)CC1. The second kappa shape index (κ2) is 15.9. The molecule has 3 heterocycles. The van der Waals surface area contributed by atoms with Crippen molar-refractivity contribution in [3.8, 4) is 11.3 Å². The van der Waals surface area contributed by atoms with Crippen LogP contribution in [0.1, 0.15) is 63.1 Å². The molecule has 0 saturated carbocycles. The number of para-hydroxylation sites is 1. The quantitative estimate of drug-likeness (QED) is 0.196. The van der Waals surface area contributed by atoms with Gasteiger partial charge >= 0.3 is 6.18 Å². The predicted molar refractivity (Wildman–Crippen MR) is 190 cm³/mol. The molecule has 2 fully saturated rings. The van der Waals surface area contributed by atoms with Gasteiger partial charge in [0.15, 0.2) is 0 Å². The number of hydrogen-bond acceptors (Lipinski definition) is 6. The minimum atomic E-state index is -4.47. The van der Waals surface area contributed by atoms with Crippen molar-refractivity contribution in [1.29, 1.82) is 0 Å². The van der Waals surface area contributed by atoms with E-state index in [2.05, 4.69) is 43.4 Å². The molecule has 2 aliphatic rings. The fourth-order valence-corrected chi connectivity index (χ4v) is 6.66. The van der Waals surface area contributed by atoms with Crippen LogP contribution in [-0.4, -0.2) is 72.9 Å². The number of amides is 2. The lowest BCUT2D eigenvalue weighted by molar-refractivity contribution is -0.137. The molecule has 8 nitrogen and oxygen atoms in total. The molecule has 0 radical (unpaired) electrons. The minimum absolute atomic E-state index is 0.0694. The van der Waals surface area contributed by atoms with E-state index < -0.39 is 17.6 Å². The molecule has 262 valence electrons. The van der Waals surface area contributed by atoms with Gasteiger partial charge in [0.1, 0.15) is 0 Å². The topological polar surface area (TPSA) is 80.8 Å². The van der Waals surface area contributed by atoms with Crippen LogP contribution >= 0.6 is 0 Å². The molecule has 2 amide bonds. The van der Waals surface area contributed by atoms with Crippen LogP contribution in [0, 0.1) is 0 Å². The number of likely N-dealkylation sites (N-methyl/N-ethyl adjacent to an activating group) is 1. The van der Waals surface area contributed by atoms with Crippen molar-refractivity contribution in [1.82, 2.24) is 20.1 Å². The fourth-order valence-electron chi connectivity index (χ4n) is 6.66. The third-order valence-electron chi connectivity index (χ3n) is 9.39. The number of hydrogen-bond donors (Lipinski definition) is 2. The van der Waals surface area contributed by atoms with Crippen LogP contribution in [-0.2, 0) is 19.3 Å². The van der Waals surface area contributed by atoms with Crippen LogP contribution < -0.4 is 15.5 Å². The predicted octanol–water partition coefficient (Wildman–Crippen LogP) is 7.08. The highest BCUT2D eigenvalue weighted by atomic mass is 19.4. The second-order valence-electron chi connectivity index (χ2n) is 13.1. The Morgan fingerprint density at radius 3 is 2.34 bits per heavy atom. The number of piperidine rings is 1. The van der Waals surface area contributed by atoms with Gasteiger partial charge in [-0.1, -0.05) is 36.4 Å². The molecular weight excluding hydrogens is 641 g/mol. The minimum Gasteiger partial charge on any atom is -0.370 e. The Labute approximate surface area is 291 Å². The molecule has 2 N–H and O–H groups in total. The zero-order valence-corrected chi connectivity index (χ0v) is 28.3. The van der Waals surface area contributed by atoms with Crippen LogP contribution in [0.5, 0.6) is 0 Å². The molecule has 3 aromatic carbocycles. The van der Waals surface area contributed by atoms with Crippen molar-refractivity contribution >= 4 is 23.2 Å². The average molecular weight is 685 g/mol. The number of rotatable bonds is 9. The van der Waals surface area contributed by atoms with Gasteiger partial charge in [0.2, 0.25) is 0 Å². The molecule has 0 unspecified atom stereocenters. The van der Waals surface area contributed by atoms with E-state index in [1.165, 1.54) is 18.3 Å². The Hall–Kier alpha value is -4.74. The van der Waals surface area contributed by atoms with Crippen molar-refractivity contribution < 1.29 is 22.8 Å². The van der Waals surface area contributed by atoms with Gasteiger partial charge in [-0.25, -0.2) is 0 Å². The molecule has 0 spiro atoms. The molecule has 11 heteroatoms. The third-order valence-corrected chi connectivity index (χ3v) is 9.39. The van der Waals surface area contributed by atoms with Crippen LogP contribution in [0.3, 0.4) is 0 Å². The number of halogens is 3. The summed E-state index contributed by atoms with van der Waals surface area (Å²) in [5.74, 6) is -0.681. The number of nitrogens with one attached hydrogen (secondary N) is 2. The highest BCUT2D eigenvalue weighted by Crippen LogP contribution is 2.37. The Morgan fingerprint density at radius 2 is 1.52 bits per heavy atom. The maximum absolute atomic E-state index is 14.0. The smallest absolute Gasteiger partial charge is 0.370 e. The maximum Gasteiger partial charge on any atom is 0.416 e. The number of benzene rings is 3. The maximum atomic E-state index is 14.0. The standard InChI is InChI=1S/C39H43F3N6O2/c1-46-17-8-18-47(22-21-46)27-29-10-5-11-30(23-29)38(50)45-36-33(13-7-14-35(36)48-19-3-2-4-20-48)34-25-31(15-16-43-34)37(49)44-26-28-9-6-12-32(24-28)39(40,41)42/h5-7,9-16,23-25H,2-4,8,17-22,26-27H2,1H3,(H,44,49)(H,45,50). The molecule has 0 bridgehead atoms. The molecule has 0 atom stereocenters. The first-order valence-corrected chi connectivity index (χ1v) is 17.2. The number of pyridine rings is 1. The van der Waals surface area contributed by atoms with Gasteiger partial charge in [-0.2, -0.15) is 13.2 Å². The first-order chi connectivity index (χ1) is 24.1. The molecule has 1 aromatic heterocycles. The lowest BCUT2D eigenvalue weighted by Crippen LogP contribution is -2.30. The van der Waals surface area contributed by atoms with Gasteiger partial charge in [0, 0.05) is 62.2 Å². The van der Waals surface area contributed by atoms with E-state index in [1.54, 1.807) is 12.1 Å². The van der Waals surface area contributed by atoms with Crippen molar-refractivity contribution in [3.05, 3.63) is 113 Å². The van der Waals surface area contributed by atoms with Gasteiger partial charge in [0.05, 0.1) is 22.6 Å². The van der Waals surface area contributed by atoms with Crippen LogP contribution in [0.4, 0.5) is 24.5 Å². The number of nitrogens with zero attached hydrogens (tertiary/aromatic N) is 4. The monoisotopic (exact) mass is 684 g/mol. The number of carbonyl (C=O) groups excluding carboxylic acids is 2. The Kier molecular flexibility index (Phi) is 11.1. The van der Waals surface area contributed by atoms with E-state index in [-0.39, 0.29) is 12.5 Å². The summed E-state index contributed by atoms with van der Waals surface area (Å²) < 4.78 is 39.6. The summed E-state index contributed by atoms with van der Waals surface area (Å²) in [5.41, 5.74) is 4.18. The van der Waals surface area contributed by atoms with Crippen molar-refractivity contribution in [2.75, 3.05) is 56.5 Å². The summed E-state index contributed by atoms with van der Waals surface area (Å²) >= 11 is 0. The molecule has 6 rings (SSSR count). The van der Waals surface area contributed by atoms with E-state index >= 15 is 0 Å². The molecular formula is C39H43F3N6O2. The van der Waals surface area contributed by atoms with Gasteiger partial charge in [-0.3, -0.25) is 19.5 Å². The molecule has 2 aliphatic heterocycles. The highest BCUT2D eigenvalue weighted by Gasteiger charge is 2.30. The number of alkyl halides is 3. The summed E-state index contributed by atoms with van der Waals surface area (Å²) in [4.78, 5) is 38.8. The summed E-state index contributed by atoms with van der Waals surface area (Å²) in [5, 5.41) is 5.94. The summed E-state index contributed by atoms with van der Waals surface area (Å²) in [6, 6.07) is 21.7. The molecule has 0 aliphatic carbocycles. The van der Waals surface area contributed by atoms with Gasteiger partial charge in [-0.15, -0.1) is 0 Å². The summed E-state index contributed by atoms with van der Waals surface area (Å²) in [6.07, 6.45) is 1.41. The molecule has 4 aromatic rings. The summed E-state index contributed by atoms with van der Waals surface area (Å²) in [6.45, 7) is 6.52. The van der Waals surface area contributed by atoms with E-state index in [4.69, 9.17) is 0 Å². The molecule has 50 heavy (non-hydrogen) atoms. The van der Waals surface area contributed by atoms with E-state index in [0.717, 1.165) is 94.9 Å². The zero-order valence-electron chi connectivity index (χ0n) is 28.3. The average Bonchev–Trinajstić information content (AvgIpc) is 3.34. The number of anilines is 2. The van der Waals surface area contributed by atoms with Crippen molar-refractivity contribution in [2.45, 2.75) is 44.9 Å². The molecule has 2 saturated heterocycles. The Balaban J connectivity index is 1.24. The normalized spacial score (nSPS) is 16.1. The van der Waals surface area contributed by atoms with Gasteiger partial charge in [0.25, 0.3) is 11.8 Å². The fraction of sp³-hybridized carbons (Fsp3) is 0.359. The van der Waals surface area contributed by atoms with E-state index in [0.29, 0.717) is 33.6 Å². The van der Waals surface area contributed by atoms with Crippen LogP contribution in [0.2, 0.25) is 0 Å². The lowest BCUT2D eigenvalue weighted by Gasteiger charge is -2.31. The summed E-state index contributed by atoms with van der Waals surface area (Å²) in [7, 11) is 2.15. The number of aromatic nitrogens is 1. The van der Waals surface area contributed by atoms with Gasteiger partial charge in [-0.05, 0) is 99.4 Å². The lowest BCUT2D eigenvalue weighted by atomic mass is 10.0. The Bertz CT molecular complexity index is 1810. The van der Waals surface area contributed by atoms with Gasteiger partial charge < -0.3 is 20.4 Å². The first kappa shape index (κ1) is 35.1. The van der Waals surface area contributed by atoms with Crippen molar-refractivity contribution in [3.63, 3.8) is 0 Å². The zero-order chi connectivity index (χ0) is 35.1. The first-order valence-electron chi connectivity index (χ1n) is 17.2. The highest BCUT2D eigenvalue weighted by molar-refractivity contribution is 6.09. The second-order valence-corrected chi connectivity index (χ2v) is 13.1. The van der Waals surface area contributed by atoms with Crippen molar-refractivity contribution in [2.24, 2.45) is 0 Å².